The van der Waals surface area contributed by atoms with Crippen LogP contribution in [0.3, 0.4) is 0 Å². The molecule has 1 unspecified atom stereocenters. The van der Waals surface area contributed by atoms with Crippen LogP contribution in [-0.2, 0) is 17.6 Å². The van der Waals surface area contributed by atoms with E-state index in [0.717, 1.165) is 36.3 Å². The van der Waals surface area contributed by atoms with Gasteiger partial charge in [-0.1, -0.05) is 24.3 Å². The van der Waals surface area contributed by atoms with Crippen molar-refractivity contribution >= 4 is 24.0 Å². The molecule has 0 spiro atoms. The van der Waals surface area contributed by atoms with Gasteiger partial charge in [0.15, 0.2) is 0 Å². The summed E-state index contributed by atoms with van der Waals surface area (Å²) in [7, 11) is 0. The smallest absolute Gasteiger partial charge is 0.225 e. The molecule has 3 N–H and O–H groups in total. The zero-order valence-electron chi connectivity index (χ0n) is 15.3. The highest BCUT2D eigenvalue weighted by Gasteiger charge is 2.22. The van der Waals surface area contributed by atoms with Gasteiger partial charge in [0, 0.05) is 11.3 Å². The van der Waals surface area contributed by atoms with Crippen molar-refractivity contribution in [2.45, 2.75) is 51.7 Å². The molecule has 0 aliphatic heterocycles. The topological polar surface area (TPSA) is 64.3 Å². The van der Waals surface area contributed by atoms with Gasteiger partial charge in [-0.15, -0.1) is 12.4 Å². The van der Waals surface area contributed by atoms with Gasteiger partial charge < -0.3 is 15.8 Å². The van der Waals surface area contributed by atoms with Crippen molar-refractivity contribution in [1.29, 1.82) is 0 Å². The van der Waals surface area contributed by atoms with Crippen molar-refractivity contribution in [3.63, 3.8) is 0 Å². The van der Waals surface area contributed by atoms with Crippen molar-refractivity contribution in [2.24, 2.45) is 0 Å². The molecule has 26 heavy (non-hydrogen) atoms. The number of fused-ring (bicyclic) bond motifs is 1. The molecule has 1 atom stereocenters. The maximum atomic E-state index is 12.6. The van der Waals surface area contributed by atoms with Crippen molar-refractivity contribution in [3.05, 3.63) is 59.2 Å². The molecular weight excluding hydrogens is 348 g/mol. The van der Waals surface area contributed by atoms with E-state index in [-0.39, 0.29) is 30.5 Å². The number of nitrogen functional groups attached to an aromatic ring is 1. The first-order valence-electron chi connectivity index (χ1n) is 8.95. The number of carbonyl (C=O) groups excluding carboxylic acids is 1. The van der Waals surface area contributed by atoms with Crippen molar-refractivity contribution < 1.29 is 9.53 Å². The van der Waals surface area contributed by atoms with E-state index in [9.17, 15) is 4.79 Å². The highest BCUT2D eigenvalue weighted by Crippen LogP contribution is 2.31. The largest absolute Gasteiger partial charge is 0.491 e. The Morgan fingerprint density at radius 2 is 2.04 bits per heavy atom. The molecule has 1 aliphatic carbocycles. The highest BCUT2D eigenvalue weighted by atomic mass is 35.5. The third-order valence-electron chi connectivity index (χ3n) is 4.50. The summed E-state index contributed by atoms with van der Waals surface area (Å²) in [5.74, 6) is 0.805. The minimum atomic E-state index is 0. The number of hydrogen-bond donors (Lipinski definition) is 2. The Morgan fingerprint density at radius 3 is 2.81 bits per heavy atom. The van der Waals surface area contributed by atoms with Crippen LogP contribution in [0.1, 0.15) is 49.4 Å². The zero-order valence-corrected chi connectivity index (χ0v) is 16.1. The van der Waals surface area contributed by atoms with Crippen LogP contribution in [0.2, 0.25) is 0 Å². The summed E-state index contributed by atoms with van der Waals surface area (Å²) in [6.07, 6.45) is 3.46. The number of anilines is 1. The van der Waals surface area contributed by atoms with E-state index in [1.54, 1.807) is 0 Å². The quantitative estimate of drug-likeness (QED) is 0.770. The lowest BCUT2D eigenvalue weighted by atomic mass is 9.87. The van der Waals surface area contributed by atoms with Gasteiger partial charge >= 0.3 is 0 Å². The van der Waals surface area contributed by atoms with E-state index in [4.69, 9.17) is 10.5 Å². The van der Waals surface area contributed by atoms with Gasteiger partial charge in [-0.3, -0.25) is 4.79 Å². The molecule has 0 saturated heterocycles. The molecule has 1 amide bonds. The van der Waals surface area contributed by atoms with Crippen LogP contribution in [0.25, 0.3) is 0 Å². The van der Waals surface area contributed by atoms with Crippen LogP contribution < -0.4 is 15.8 Å². The molecule has 140 valence electrons. The van der Waals surface area contributed by atoms with Gasteiger partial charge in [0.05, 0.1) is 18.6 Å². The molecule has 0 radical (unpaired) electrons. The maximum Gasteiger partial charge on any atom is 0.225 e. The van der Waals surface area contributed by atoms with Gasteiger partial charge in [0.25, 0.3) is 0 Å². The van der Waals surface area contributed by atoms with Crippen LogP contribution in [0.5, 0.6) is 5.75 Å². The average molecular weight is 375 g/mol. The Bertz CT molecular complexity index is 761. The number of aryl methyl sites for hydroxylation is 1. The fourth-order valence-electron chi connectivity index (χ4n) is 3.42. The second kappa shape index (κ2) is 8.95. The number of carbonyl (C=O) groups is 1. The maximum absolute atomic E-state index is 12.6. The van der Waals surface area contributed by atoms with E-state index < -0.39 is 0 Å². The SMILES string of the molecule is CC(C)Oc1ccccc1CC(=O)NC1CCCc2cc(N)ccc21.Cl. The lowest BCUT2D eigenvalue weighted by Gasteiger charge is -2.27. The van der Waals surface area contributed by atoms with E-state index >= 15 is 0 Å². The number of amides is 1. The molecule has 1 aliphatic rings. The summed E-state index contributed by atoms with van der Waals surface area (Å²) < 4.78 is 5.81. The van der Waals surface area contributed by atoms with E-state index in [0.29, 0.717) is 6.42 Å². The fraction of sp³-hybridized carbons (Fsp3) is 0.381. The number of nitrogens with one attached hydrogen (secondary N) is 1. The number of nitrogens with two attached hydrogens (primary N) is 1. The number of hydrogen-bond acceptors (Lipinski definition) is 3. The number of halogens is 1. The lowest BCUT2D eigenvalue weighted by Crippen LogP contribution is -2.32. The van der Waals surface area contributed by atoms with Crippen LogP contribution in [0.15, 0.2) is 42.5 Å². The third-order valence-corrected chi connectivity index (χ3v) is 4.50. The van der Waals surface area contributed by atoms with Crippen LogP contribution in [0, 0.1) is 0 Å². The molecule has 0 bridgehead atoms. The number of rotatable bonds is 5. The van der Waals surface area contributed by atoms with Crippen molar-refractivity contribution in [2.75, 3.05) is 5.73 Å². The summed E-state index contributed by atoms with van der Waals surface area (Å²) >= 11 is 0. The third kappa shape index (κ3) is 4.92. The molecule has 2 aromatic carbocycles. The molecule has 3 rings (SSSR count). The second-order valence-corrected chi connectivity index (χ2v) is 6.92. The zero-order chi connectivity index (χ0) is 17.8. The minimum Gasteiger partial charge on any atom is -0.491 e. The Labute approximate surface area is 161 Å². The minimum absolute atomic E-state index is 0. The predicted octanol–water partition coefficient (Wildman–Crippen LogP) is 4.21. The lowest BCUT2D eigenvalue weighted by molar-refractivity contribution is -0.121. The predicted molar refractivity (Wildman–Crippen MR) is 108 cm³/mol. The monoisotopic (exact) mass is 374 g/mol. The summed E-state index contributed by atoms with van der Waals surface area (Å²) in [5, 5.41) is 3.19. The number of ether oxygens (including phenoxy) is 1. The van der Waals surface area contributed by atoms with Gasteiger partial charge in [0.2, 0.25) is 5.91 Å². The van der Waals surface area contributed by atoms with Gasteiger partial charge in [-0.25, -0.2) is 0 Å². The van der Waals surface area contributed by atoms with Gasteiger partial charge in [-0.05, 0) is 62.4 Å². The molecule has 0 heterocycles. The molecular formula is C21H27ClN2O2. The normalized spacial score (nSPS) is 15.7. The van der Waals surface area contributed by atoms with Crippen LogP contribution in [-0.4, -0.2) is 12.0 Å². The molecule has 0 saturated carbocycles. The van der Waals surface area contributed by atoms with E-state index in [2.05, 4.69) is 5.32 Å². The van der Waals surface area contributed by atoms with Gasteiger partial charge in [0.1, 0.15) is 5.75 Å². The Morgan fingerprint density at radius 1 is 1.27 bits per heavy atom. The average Bonchev–Trinajstić information content (AvgIpc) is 2.56. The first kappa shape index (κ1) is 20.1. The molecule has 5 heteroatoms. The molecule has 0 fully saturated rings. The Balaban J connectivity index is 0.00000243. The summed E-state index contributed by atoms with van der Waals surface area (Å²) in [5.41, 5.74) is 10.0. The summed E-state index contributed by atoms with van der Waals surface area (Å²) in [4.78, 5) is 12.6. The van der Waals surface area contributed by atoms with Crippen molar-refractivity contribution in [1.82, 2.24) is 5.32 Å². The molecule has 4 nitrogen and oxygen atoms in total. The summed E-state index contributed by atoms with van der Waals surface area (Å²) in [6, 6.07) is 13.8. The first-order valence-corrected chi connectivity index (χ1v) is 8.95. The number of benzene rings is 2. The van der Waals surface area contributed by atoms with E-state index in [1.165, 1.54) is 11.1 Å². The van der Waals surface area contributed by atoms with Gasteiger partial charge in [-0.2, -0.15) is 0 Å². The first-order chi connectivity index (χ1) is 12.0. The second-order valence-electron chi connectivity index (χ2n) is 6.92. The summed E-state index contributed by atoms with van der Waals surface area (Å²) in [6.45, 7) is 3.98. The standard InChI is InChI=1S/C21H26N2O2.ClH/c1-14(2)25-20-9-4-3-6-16(20)13-21(24)23-19-8-5-7-15-12-17(22)10-11-18(15)19;/h3-4,6,9-12,14,19H,5,7-8,13,22H2,1-2H3,(H,23,24);1H. The molecule has 2 aromatic rings. The van der Waals surface area contributed by atoms with Crippen molar-refractivity contribution in [3.8, 4) is 5.75 Å². The van der Waals surface area contributed by atoms with E-state index in [1.807, 2.05) is 56.3 Å². The van der Waals surface area contributed by atoms with Crippen LogP contribution in [0.4, 0.5) is 5.69 Å². The Hall–Kier alpha value is -2.20. The fourth-order valence-corrected chi connectivity index (χ4v) is 3.42. The highest BCUT2D eigenvalue weighted by molar-refractivity contribution is 5.85. The van der Waals surface area contributed by atoms with Crippen LogP contribution >= 0.6 is 12.4 Å². The Kier molecular flexibility index (Phi) is 6.92. The molecule has 0 aromatic heterocycles. The number of para-hydroxylation sites is 1.